The number of benzene rings is 4. The van der Waals surface area contributed by atoms with Crippen molar-refractivity contribution in [3.8, 4) is 11.8 Å². The monoisotopic (exact) mass is 609 g/mol. The Hall–Kier alpha value is -4.55. The Morgan fingerprint density at radius 3 is 2.34 bits per heavy atom. The summed E-state index contributed by atoms with van der Waals surface area (Å²) in [6.45, 7) is 6.66. The number of nitriles is 1. The standard InChI is InChI=1S/C35H35N3O5S/c1-35(2,3)43-34(39)37-17-15-29(16-18-37)42-30-13-14-32-28(21-30)22-33(38(32)44(40,41)31-7-5-4-6-8-31)26-12-11-25-10-9-24(23-36)19-27(25)20-26/h4-14,19-21,29,33H,15-18,22H2,1-3H3. The van der Waals surface area contributed by atoms with Crippen molar-refractivity contribution in [2.45, 2.75) is 62.7 Å². The average molecular weight is 610 g/mol. The molecule has 0 radical (unpaired) electrons. The normalized spacial score (nSPS) is 17.3. The molecule has 4 aromatic rings. The number of sulfonamides is 1. The van der Waals surface area contributed by atoms with Gasteiger partial charge in [-0.3, -0.25) is 4.31 Å². The Bertz CT molecular complexity index is 1850. The lowest BCUT2D eigenvalue weighted by molar-refractivity contribution is 0.0126. The number of ether oxygens (including phenoxy) is 2. The molecule has 0 aliphatic carbocycles. The molecule has 0 spiro atoms. The molecule has 1 saturated heterocycles. The van der Waals surface area contributed by atoms with Gasteiger partial charge >= 0.3 is 6.09 Å². The van der Waals surface area contributed by atoms with E-state index in [0.717, 1.165) is 21.9 Å². The van der Waals surface area contributed by atoms with Crippen LogP contribution in [0.5, 0.6) is 5.75 Å². The first-order valence-electron chi connectivity index (χ1n) is 14.8. The van der Waals surface area contributed by atoms with Crippen LogP contribution in [-0.2, 0) is 21.2 Å². The van der Waals surface area contributed by atoms with Crippen LogP contribution < -0.4 is 9.04 Å². The number of amides is 1. The molecule has 4 aromatic carbocycles. The van der Waals surface area contributed by atoms with E-state index in [2.05, 4.69) is 6.07 Å². The molecule has 0 aromatic heterocycles. The van der Waals surface area contributed by atoms with E-state index in [1.165, 1.54) is 4.31 Å². The van der Waals surface area contributed by atoms with Gasteiger partial charge in [0.05, 0.1) is 28.3 Å². The summed E-state index contributed by atoms with van der Waals surface area (Å²) >= 11 is 0. The van der Waals surface area contributed by atoms with Crippen LogP contribution in [0.2, 0.25) is 0 Å². The lowest BCUT2D eigenvalue weighted by Gasteiger charge is -2.33. The SMILES string of the molecule is CC(C)(C)OC(=O)N1CCC(Oc2ccc3c(c2)CC(c2ccc4ccc(C#N)cc4c2)N3S(=O)(=O)c2ccccc2)CC1. The summed E-state index contributed by atoms with van der Waals surface area (Å²) in [6, 6.07) is 27.2. The van der Waals surface area contributed by atoms with Crippen molar-refractivity contribution in [1.82, 2.24) is 4.90 Å². The third kappa shape index (κ3) is 5.95. The van der Waals surface area contributed by atoms with Crippen molar-refractivity contribution >= 4 is 32.6 Å². The Balaban J connectivity index is 1.28. The van der Waals surface area contributed by atoms with E-state index in [1.54, 1.807) is 41.3 Å². The van der Waals surface area contributed by atoms with Crippen LogP contribution in [0.25, 0.3) is 10.8 Å². The van der Waals surface area contributed by atoms with E-state index >= 15 is 0 Å². The predicted molar refractivity (Wildman–Crippen MR) is 169 cm³/mol. The Kier molecular flexibility index (Phi) is 7.72. The Morgan fingerprint density at radius 2 is 1.64 bits per heavy atom. The quantitative estimate of drug-likeness (QED) is 0.242. The van der Waals surface area contributed by atoms with E-state index in [4.69, 9.17) is 9.47 Å². The molecular weight excluding hydrogens is 574 g/mol. The number of piperidine rings is 1. The molecular formula is C35H35N3O5S. The van der Waals surface area contributed by atoms with Gasteiger partial charge in [-0.2, -0.15) is 5.26 Å². The number of hydrogen-bond acceptors (Lipinski definition) is 6. The maximum absolute atomic E-state index is 14.1. The summed E-state index contributed by atoms with van der Waals surface area (Å²) in [7, 11) is -3.89. The number of carbonyl (C=O) groups excluding carboxylic acids is 1. The molecule has 0 N–H and O–H groups in total. The second kappa shape index (κ2) is 11.5. The van der Waals surface area contributed by atoms with E-state index in [9.17, 15) is 18.5 Å². The van der Waals surface area contributed by atoms with Gasteiger partial charge in [0, 0.05) is 32.4 Å². The van der Waals surface area contributed by atoms with Gasteiger partial charge in [-0.1, -0.05) is 36.4 Å². The lowest BCUT2D eigenvalue weighted by atomic mass is 9.98. The molecule has 1 fully saturated rings. The van der Waals surface area contributed by atoms with Gasteiger partial charge in [-0.15, -0.1) is 0 Å². The van der Waals surface area contributed by atoms with Crippen LogP contribution >= 0.6 is 0 Å². The number of rotatable bonds is 5. The number of hydrogen-bond donors (Lipinski definition) is 0. The fourth-order valence-electron chi connectivity index (χ4n) is 5.95. The van der Waals surface area contributed by atoms with Gasteiger partial charge in [0.2, 0.25) is 0 Å². The van der Waals surface area contributed by atoms with Crippen LogP contribution in [0.4, 0.5) is 10.5 Å². The van der Waals surface area contributed by atoms with Crippen molar-refractivity contribution in [3.05, 3.63) is 102 Å². The predicted octanol–water partition coefficient (Wildman–Crippen LogP) is 6.98. The largest absolute Gasteiger partial charge is 0.490 e. The molecule has 2 heterocycles. The molecule has 1 amide bonds. The molecule has 44 heavy (non-hydrogen) atoms. The minimum atomic E-state index is -3.89. The Morgan fingerprint density at radius 1 is 0.909 bits per heavy atom. The van der Waals surface area contributed by atoms with E-state index in [1.807, 2.05) is 69.3 Å². The molecule has 8 nitrogen and oxygen atoms in total. The molecule has 2 aliphatic heterocycles. The summed E-state index contributed by atoms with van der Waals surface area (Å²) in [4.78, 5) is 14.4. The summed E-state index contributed by atoms with van der Waals surface area (Å²) < 4.78 is 41.7. The highest BCUT2D eigenvalue weighted by Crippen LogP contribution is 2.46. The highest BCUT2D eigenvalue weighted by atomic mass is 32.2. The van der Waals surface area contributed by atoms with Gasteiger partial charge in [0.1, 0.15) is 17.5 Å². The van der Waals surface area contributed by atoms with Crippen molar-refractivity contribution in [1.29, 1.82) is 5.26 Å². The van der Waals surface area contributed by atoms with Gasteiger partial charge < -0.3 is 14.4 Å². The molecule has 6 rings (SSSR count). The first-order chi connectivity index (χ1) is 21.0. The molecule has 1 atom stereocenters. The van der Waals surface area contributed by atoms with Crippen molar-refractivity contribution in [3.63, 3.8) is 0 Å². The smallest absolute Gasteiger partial charge is 0.410 e. The number of likely N-dealkylation sites (tertiary alicyclic amines) is 1. The Labute approximate surface area is 258 Å². The molecule has 0 saturated carbocycles. The topological polar surface area (TPSA) is 99.9 Å². The number of anilines is 1. The summed E-state index contributed by atoms with van der Waals surface area (Å²) in [5.74, 6) is 0.675. The van der Waals surface area contributed by atoms with Gasteiger partial charge in [-0.05, 0) is 91.2 Å². The fraction of sp³-hybridized carbons (Fsp3) is 0.314. The first-order valence-corrected chi connectivity index (χ1v) is 16.3. The maximum atomic E-state index is 14.1. The van der Waals surface area contributed by atoms with Gasteiger partial charge in [0.25, 0.3) is 10.0 Å². The third-order valence-corrected chi connectivity index (χ3v) is 9.90. The van der Waals surface area contributed by atoms with Crippen molar-refractivity contribution < 1.29 is 22.7 Å². The fourth-order valence-corrected chi connectivity index (χ4v) is 7.64. The minimum Gasteiger partial charge on any atom is -0.490 e. The molecule has 1 unspecified atom stereocenters. The summed E-state index contributed by atoms with van der Waals surface area (Å²) in [5, 5.41) is 11.3. The van der Waals surface area contributed by atoms with Crippen LogP contribution in [0.3, 0.4) is 0 Å². The number of fused-ring (bicyclic) bond motifs is 2. The van der Waals surface area contributed by atoms with Gasteiger partial charge in [0.15, 0.2) is 0 Å². The maximum Gasteiger partial charge on any atom is 0.410 e. The third-order valence-electron chi connectivity index (χ3n) is 8.06. The number of carbonyl (C=O) groups is 1. The first kappa shape index (κ1) is 29.5. The van der Waals surface area contributed by atoms with Crippen LogP contribution in [0.1, 0.15) is 56.3 Å². The minimum absolute atomic E-state index is 0.0668. The van der Waals surface area contributed by atoms with Gasteiger partial charge in [-0.25, -0.2) is 13.2 Å². The summed E-state index contributed by atoms with van der Waals surface area (Å²) in [5.41, 5.74) is 2.36. The lowest BCUT2D eigenvalue weighted by Crippen LogP contribution is -2.44. The molecule has 226 valence electrons. The zero-order chi connectivity index (χ0) is 31.1. The van der Waals surface area contributed by atoms with Crippen LogP contribution in [-0.4, -0.2) is 44.2 Å². The second-order valence-electron chi connectivity index (χ2n) is 12.3. The number of nitrogens with zero attached hydrogens (tertiary/aromatic N) is 3. The molecule has 0 bridgehead atoms. The highest BCUT2D eigenvalue weighted by Gasteiger charge is 2.40. The van der Waals surface area contributed by atoms with Crippen molar-refractivity contribution in [2.24, 2.45) is 0 Å². The van der Waals surface area contributed by atoms with Crippen LogP contribution in [0, 0.1) is 11.3 Å². The molecule has 9 heteroatoms. The van der Waals surface area contributed by atoms with E-state index < -0.39 is 21.7 Å². The van der Waals surface area contributed by atoms with E-state index in [0.29, 0.717) is 49.4 Å². The zero-order valence-corrected chi connectivity index (χ0v) is 25.9. The average Bonchev–Trinajstić information content (AvgIpc) is 3.40. The summed E-state index contributed by atoms with van der Waals surface area (Å²) in [6.07, 6.45) is 1.45. The van der Waals surface area contributed by atoms with Crippen LogP contribution in [0.15, 0.2) is 89.8 Å². The van der Waals surface area contributed by atoms with E-state index in [-0.39, 0.29) is 17.1 Å². The molecule has 2 aliphatic rings. The second-order valence-corrected chi connectivity index (χ2v) is 14.2. The van der Waals surface area contributed by atoms with Crippen molar-refractivity contribution in [2.75, 3.05) is 17.4 Å². The zero-order valence-electron chi connectivity index (χ0n) is 25.1. The highest BCUT2D eigenvalue weighted by molar-refractivity contribution is 7.92.